The van der Waals surface area contributed by atoms with Crippen LogP contribution >= 0.6 is 11.6 Å². The summed E-state index contributed by atoms with van der Waals surface area (Å²) in [5, 5.41) is 10.2. The number of nitriles is 1. The molecule has 0 bridgehead atoms. The number of amides is 1. The highest BCUT2D eigenvalue weighted by atomic mass is 35.5. The molecule has 1 amide bonds. The van der Waals surface area contributed by atoms with Crippen molar-refractivity contribution >= 4 is 35.5 Å². The number of anilines is 1. The van der Waals surface area contributed by atoms with Crippen LogP contribution in [0.4, 0.5) is 5.88 Å². The van der Waals surface area contributed by atoms with E-state index >= 15 is 0 Å². The van der Waals surface area contributed by atoms with Gasteiger partial charge in [-0.1, -0.05) is 23.7 Å². The Hall–Kier alpha value is -4.16. The predicted molar refractivity (Wildman–Crippen MR) is 136 cm³/mol. The quantitative estimate of drug-likeness (QED) is 0.464. The van der Waals surface area contributed by atoms with Crippen LogP contribution in [0.1, 0.15) is 27.5 Å². The molecule has 2 heterocycles. The van der Waals surface area contributed by atoms with Crippen LogP contribution in [0, 0.1) is 11.3 Å². The van der Waals surface area contributed by atoms with Crippen molar-refractivity contribution in [3.8, 4) is 23.3 Å². The number of halogens is 1. The van der Waals surface area contributed by atoms with E-state index in [9.17, 15) is 10.1 Å². The van der Waals surface area contributed by atoms with Gasteiger partial charge in [-0.2, -0.15) is 10.2 Å². The fourth-order valence-electron chi connectivity index (χ4n) is 3.93. The van der Waals surface area contributed by atoms with E-state index < -0.39 is 0 Å². The third kappa shape index (κ3) is 5.24. The van der Waals surface area contributed by atoms with Gasteiger partial charge in [0.15, 0.2) is 11.5 Å². The molecular weight excluding hydrogens is 484 g/mol. The number of benzene rings is 2. The van der Waals surface area contributed by atoms with Gasteiger partial charge in [0.05, 0.1) is 21.3 Å². The molecule has 10 heteroatoms. The number of oxazole rings is 1. The van der Waals surface area contributed by atoms with E-state index in [0.717, 1.165) is 5.56 Å². The molecule has 3 aromatic rings. The average Bonchev–Trinajstić information content (AvgIpc) is 3.34. The second-order valence-corrected chi connectivity index (χ2v) is 8.33. The van der Waals surface area contributed by atoms with E-state index in [1.54, 1.807) is 35.2 Å². The van der Waals surface area contributed by atoms with Gasteiger partial charge in [0.1, 0.15) is 6.07 Å². The number of hydrogen-bond donors (Lipinski definition) is 0. The molecule has 186 valence electrons. The van der Waals surface area contributed by atoms with E-state index in [0.29, 0.717) is 65.8 Å². The Labute approximate surface area is 214 Å². The topological polar surface area (TPSA) is 101 Å². The van der Waals surface area contributed by atoms with Crippen LogP contribution in [0.25, 0.3) is 12.2 Å². The Morgan fingerprint density at radius 2 is 1.67 bits per heavy atom. The molecule has 0 saturated carbocycles. The number of hydrogen-bond acceptors (Lipinski definition) is 8. The summed E-state index contributed by atoms with van der Waals surface area (Å²) < 4.78 is 22.0. The SMILES string of the molecule is COc1cc(C(=O)N2CCN(c3oc(/C=C/c4ccc(Cl)cc4)nc3C#N)CC2)cc(OC)c1OC. The molecule has 0 aliphatic carbocycles. The molecule has 9 nitrogen and oxygen atoms in total. The Bertz CT molecular complexity index is 1280. The summed E-state index contributed by atoms with van der Waals surface area (Å²) in [6.45, 7) is 1.86. The van der Waals surface area contributed by atoms with E-state index in [2.05, 4.69) is 11.1 Å². The molecule has 1 aliphatic heterocycles. The second-order valence-electron chi connectivity index (χ2n) is 7.90. The Morgan fingerprint density at radius 3 is 2.22 bits per heavy atom. The lowest BCUT2D eigenvalue weighted by Gasteiger charge is -2.34. The van der Waals surface area contributed by atoms with E-state index in [1.165, 1.54) is 21.3 Å². The number of methoxy groups -OCH3 is 3. The monoisotopic (exact) mass is 508 g/mol. The molecule has 0 atom stereocenters. The molecule has 4 rings (SSSR count). The first kappa shape index (κ1) is 24.9. The van der Waals surface area contributed by atoms with Crippen LogP contribution in [0.15, 0.2) is 40.8 Å². The molecule has 1 saturated heterocycles. The molecule has 0 radical (unpaired) electrons. The van der Waals surface area contributed by atoms with Gasteiger partial charge in [0, 0.05) is 42.8 Å². The minimum absolute atomic E-state index is 0.154. The molecule has 0 spiro atoms. The molecule has 0 N–H and O–H groups in total. The summed E-state index contributed by atoms with van der Waals surface area (Å²) in [5.41, 5.74) is 1.57. The first-order chi connectivity index (χ1) is 17.5. The van der Waals surface area contributed by atoms with Crippen molar-refractivity contribution in [3.63, 3.8) is 0 Å². The molecular formula is C26H25ClN4O5. The number of rotatable bonds is 7. The summed E-state index contributed by atoms with van der Waals surface area (Å²) in [6.07, 6.45) is 3.54. The van der Waals surface area contributed by atoms with Gasteiger partial charge in [-0.25, -0.2) is 0 Å². The van der Waals surface area contributed by atoms with Crippen LogP contribution in [-0.4, -0.2) is 63.3 Å². The van der Waals surface area contributed by atoms with E-state index in [4.69, 9.17) is 30.2 Å². The molecule has 1 aliphatic rings. The normalized spacial score (nSPS) is 13.5. The van der Waals surface area contributed by atoms with Crippen LogP contribution in [0.3, 0.4) is 0 Å². The maximum Gasteiger partial charge on any atom is 0.254 e. The zero-order valence-electron chi connectivity index (χ0n) is 20.2. The molecule has 1 aromatic heterocycles. The summed E-state index contributed by atoms with van der Waals surface area (Å²) in [6, 6.07) is 12.7. The van der Waals surface area contributed by atoms with Crippen LogP contribution < -0.4 is 19.1 Å². The minimum atomic E-state index is -0.154. The third-order valence-corrected chi connectivity index (χ3v) is 6.04. The van der Waals surface area contributed by atoms with Gasteiger partial charge in [-0.15, -0.1) is 0 Å². The molecule has 0 unspecified atom stereocenters. The number of carbonyl (C=O) groups is 1. The standard InChI is InChI=1S/C26H25ClN4O5/c1-33-21-14-18(15-22(34-2)24(21)35-3)25(32)30-10-12-31(13-11-30)26-20(16-28)29-23(36-26)9-6-17-4-7-19(27)8-5-17/h4-9,14-15H,10-13H2,1-3H3/b9-6+. The van der Waals surface area contributed by atoms with Gasteiger partial charge in [-0.3, -0.25) is 4.79 Å². The van der Waals surface area contributed by atoms with Gasteiger partial charge >= 0.3 is 0 Å². The van der Waals surface area contributed by atoms with Crippen molar-refractivity contribution in [2.24, 2.45) is 0 Å². The zero-order chi connectivity index (χ0) is 25.7. The number of carbonyl (C=O) groups excluding carboxylic acids is 1. The number of piperazine rings is 1. The number of aromatic nitrogens is 1. The minimum Gasteiger partial charge on any atom is -0.493 e. The highest BCUT2D eigenvalue weighted by molar-refractivity contribution is 6.30. The zero-order valence-corrected chi connectivity index (χ0v) is 20.9. The molecule has 1 fully saturated rings. The Kier molecular flexibility index (Phi) is 7.66. The summed E-state index contributed by atoms with van der Waals surface area (Å²) in [7, 11) is 4.53. The van der Waals surface area contributed by atoms with Crippen molar-refractivity contribution in [2.45, 2.75) is 0 Å². The predicted octanol–water partition coefficient (Wildman–Crippen LogP) is 4.36. The first-order valence-corrected chi connectivity index (χ1v) is 11.5. The van der Waals surface area contributed by atoms with Gasteiger partial charge in [0.25, 0.3) is 5.91 Å². The summed E-state index contributed by atoms with van der Waals surface area (Å²) >= 11 is 5.92. The second kappa shape index (κ2) is 11.1. The third-order valence-electron chi connectivity index (χ3n) is 5.79. The fourth-order valence-corrected chi connectivity index (χ4v) is 4.05. The highest BCUT2D eigenvalue weighted by Crippen LogP contribution is 2.38. The number of nitrogens with zero attached hydrogens (tertiary/aromatic N) is 4. The Balaban J connectivity index is 1.46. The van der Waals surface area contributed by atoms with Gasteiger partial charge in [-0.05, 0) is 35.9 Å². The number of ether oxygens (including phenoxy) is 3. The smallest absolute Gasteiger partial charge is 0.254 e. The van der Waals surface area contributed by atoms with Crippen molar-refractivity contribution in [1.29, 1.82) is 5.26 Å². The van der Waals surface area contributed by atoms with E-state index in [1.807, 2.05) is 23.1 Å². The van der Waals surface area contributed by atoms with Crippen LogP contribution in [-0.2, 0) is 0 Å². The van der Waals surface area contributed by atoms with Crippen molar-refractivity contribution in [2.75, 3.05) is 52.4 Å². The Morgan fingerprint density at radius 1 is 1.03 bits per heavy atom. The van der Waals surface area contributed by atoms with E-state index in [-0.39, 0.29) is 11.6 Å². The lowest BCUT2D eigenvalue weighted by molar-refractivity contribution is 0.0744. The highest BCUT2D eigenvalue weighted by Gasteiger charge is 2.28. The lowest BCUT2D eigenvalue weighted by atomic mass is 10.1. The molecule has 2 aromatic carbocycles. The van der Waals surface area contributed by atoms with Gasteiger partial charge < -0.3 is 28.4 Å². The van der Waals surface area contributed by atoms with Gasteiger partial charge in [0.2, 0.25) is 23.2 Å². The van der Waals surface area contributed by atoms with Crippen molar-refractivity contribution in [1.82, 2.24) is 9.88 Å². The maximum atomic E-state index is 13.2. The molecule has 36 heavy (non-hydrogen) atoms. The largest absolute Gasteiger partial charge is 0.493 e. The van der Waals surface area contributed by atoms with Crippen LogP contribution in [0.5, 0.6) is 17.2 Å². The van der Waals surface area contributed by atoms with Crippen LogP contribution in [0.2, 0.25) is 5.02 Å². The summed E-state index contributed by atoms with van der Waals surface area (Å²) in [4.78, 5) is 21.1. The van der Waals surface area contributed by atoms with Crippen molar-refractivity contribution in [3.05, 3.63) is 64.1 Å². The summed E-state index contributed by atoms with van der Waals surface area (Å²) in [5.74, 6) is 1.83. The lowest BCUT2D eigenvalue weighted by Crippen LogP contribution is -2.48. The average molecular weight is 509 g/mol. The van der Waals surface area contributed by atoms with Crippen molar-refractivity contribution < 1.29 is 23.4 Å². The first-order valence-electron chi connectivity index (χ1n) is 11.2. The maximum absolute atomic E-state index is 13.2. The fraction of sp³-hybridized carbons (Fsp3) is 0.269.